The summed E-state index contributed by atoms with van der Waals surface area (Å²) in [6, 6.07) is 5.70. The maximum absolute atomic E-state index is 13.3. The van der Waals surface area contributed by atoms with Gasteiger partial charge in [-0.15, -0.1) is 0 Å². The number of methoxy groups -OCH3 is 1. The minimum absolute atomic E-state index is 0.0838. The second kappa shape index (κ2) is 8.10. The predicted molar refractivity (Wildman–Crippen MR) is 118 cm³/mol. The van der Waals surface area contributed by atoms with Crippen molar-refractivity contribution in [1.29, 1.82) is 0 Å². The lowest BCUT2D eigenvalue weighted by Crippen LogP contribution is -2.41. The van der Waals surface area contributed by atoms with Gasteiger partial charge in [0.1, 0.15) is 16.8 Å². The number of ether oxygens (including phenoxy) is 1. The van der Waals surface area contributed by atoms with Crippen molar-refractivity contribution in [3.63, 3.8) is 0 Å². The molecule has 3 aromatic rings. The van der Waals surface area contributed by atoms with E-state index in [-0.39, 0.29) is 22.8 Å². The van der Waals surface area contributed by atoms with Crippen LogP contribution in [0.1, 0.15) is 34.1 Å². The normalized spacial score (nSPS) is 11.9. The summed E-state index contributed by atoms with van der Waals surface area (Å²) in [6.45, 7) is 8.39. The number of hydrogen-bond acceptors (Lipinski definition) is 5. The van der Waals surface area contributed by atoms with Gasteiger partial charge < -0.3 is 14.6 Å². The Morgan fingerprint density at radius 1 is 1.31 bits per heavy atom. The van der Waals surface area contributed by atoms with Crippen molar-refractivity contribution in [1.82, 2.24) is 19.4 Å². The van der Waals surface area contributed by atoms with E-state index in [9.17, 15) is 9.59 Å². The number of hydrogen-bond donors (Lipinski definition) is 1. The number of fused-ring (bicyclic) bond motifs is 3. The first-order valence-electron chi connectivity index (χ1n) is 9.67. The summed E-state index contributed by atoms with van der Waals surface area (Å²) in [7, 11) is 3.49. The molecule has 1 aromatic carbocycles. The molecule has 0 spiro atoms. The molecule has 0 saturated carbocycles. The molecule has 29 heavy (non-hydrogen) atoms. The maximum Gasteiger partial charge on any atom is 0.278 e. The van der Waals surface area contributed by atoms with Crippen LogP contribution in [0.3, 0.4) is 0 Å². The summed E-state index contributed by atoms with van der Waals surface area (Å²) in [5.74, 6) is 0.829. The van der Waals surface area contributed by atoms with E-state index in [0.29, 0.717) is 28.5 Å². The highest BCUT2D eigenvalue weighted by molar-refractivity contribution is 7.99. The third-order valence-corrected chi connectivity index (χ3v) is 5.54. The van der Waals surface area contributed by atoms with Crippen molar-refractivity contribution in [3.05, 3.63) is 28.6 Å². The molecule has 1 N–H and O–H groups in total. The topological polar surface area (TPSA) is 78.2 Å². The Hall–Kier alpha value is -2.48. The number of carbonyl (C=O) groups is 1. The number of benzene rings is 1. The third-order valence-electron chi connectivity index (χ3n) is 4.56. The Bertz CT molecular complexity index is 1130. The summed E-state index contributed by atoms with van der Waals surface area (Å²) >= 11 is 1.29. The first-order chi connectivity index (χ1) is 13.7. The quantitative estimate of drug-likeness (QED) is 0.493. The van der Waals surface area contributed by atoms with Gasteiger partial charge in [-0.3, -0.25) is 14.2 Å². The number of carbonyl (C=O) groups excluding carboxylic acids is 1. The lowest BCUT2D eigenvalue weighted by atomic mass is 10.1. The minimum Gasteiger partial charge on any atom is -0.497 e. The van der Waals surface area contributed by atoms with Crippen LogP contribution in [0.2, 0.25) is 0 Å². The van der Waals surface area contributed by atoms with E-state index in [0.717, 1.165) is 17.3 Å². The number of thioether (sulfide) groups is 1. The second-order valence-electron chi connectivity index (χ2n) is 8.08. The molecule has 1 amide bonds. The molecule has 0 aliphatic heterocycles. The van der Waals surface area contributed by atoms with Crippen LogP contribution >= 0.6 is 11.8 Å². The monoisotopic (exact) mass is 416 g/mol. The molecule has 3 rings (SSSR count). The van der Waals surface area contributed by atoms with Crippen LogP contribution < -0.4 is 15.6 Å². The first kappa shape index (κ1) is 21.2. The van der Waals surface area contributed by atoms with Crippen LogP contribution in [0.25, 0.3) is 21.9 Å². The molecule has 2 heterocycles. The molecule has 156 valence electrons. The molecule has 0 aliphatic rings. The predicted octanol–water partition coefficient (Wildman–Crippen LogP) is 3.31. The Labute approximate surface area is 174 Å². The van der Waals surface area contributed by atoms with Gasteiger partial charge in [-0.1, -0.05) is 18.7 Å². The van der Waals surface area contributed by atoms with Gasteiger partial charge in [0.05, 0.1) is 18.4 Å². The lowest BCUT2D eigenvalue weighted by molar-refractivity contribution is -0.119. The van der Waals surface area contributed by atoms with E-state index < -0.39 is 0 Å². The first-order valence-corrected chi connectivity index (χ1v) is 10.7. The highest BCUT2D eigenvalue weighted by atomic mass is 32.2. The van der Waals surface area contributed by atoms with Gasteiger partial charge in [0, 0.05) is 24.5 Å². The number of nitrogens with zero attached hydrogens (tertiary/aromatic N) is 3. The van der Waals surface area contributed by atoms with Gasteiger partial charge in [0.2, 0.25) is 5.91 Å². The lowest BCUT2D eigenvalue weighted by Gasteiger charge is -2.20. The zero-order chi connectivity index (χ0) is 21.3. The number of aromatic nitrogens is 3. The molecule has 0 unspecified atom stereocenters. The molecule has 2 aromatic heterocycles. The molecule has 0 radical (unpaired) electrons. The van der Waals surface area contributed by atoms with Crippen LogP contribution in [0, 0.1) is 0 Å². The molecule has 0 saturated heterocycles. The molecule has 0 aliphatic carbocycles. The fraction of sp³-hybridized carbons (Fsp3) is 0.476. The zero-order valence-corrected chi connectivity index (χ0v) is 18.6. The van der Waals surface area contributed by atoms with Crippen LogP contribution in [-0.4, -0.2) is 38.4 Å². The summed E-state index contributed by atoms with van der Waals surface area (Å²) in [6.07, 6.45) is 0.798. The average Bonchev–Trinajstić information content (AvgIpc) is 2.93. The Morgan fingerprint density at radius 2 is 2.03 bits per heavy atom. The molecular weight excluding hydrogens is 388 g/mol. The van der Waals surface area contributed by atoms with Crippen LogP contribution in [-0.2, 0) is 18.4 Å². The van der Waals surface area contributed by atoms with Crippen molar-refractivity contribution in [2.24, 2.45) is 7.05 Å². The van der Waals surface area contributed by atoms with Gasteiger partial charge >= 0.3 is 0 Å². The molecule has 0 fully saturated rings. The van der Waals surface area contributed by atoms with Crippen molar-refractivity contribution in [3.8, 4) is 5.75 Å². The van der Waals surface area contributed by atoms with Crippen LogP contribution in [0.4, 0.5) is 0 Å². The average molecular weight is 417 g/mol. The molecular formula is C21H28N4O3S. The highest BCUT2D eigenvalue weighted by Crippen LogP contribution is 2.30. The number of rotatable bonds is 6. The van der Waals surface area contributed by atoms with Crippen molar-refractivity contribution >= 4 is 39.6 Å². The summed E-state index contributed by atoms with van der Waals surface area (Å²) in [5, 5.41) is 4.37. The van der Waals surface area contributed by atoms with E-state index in [4.69, 9.17) is 9.72 Å². The Kier molecular flexibility index (Phi) is 5.93. The highest BCUT2D eigenvalue weighted by Gasteiger charge is 2.20. The van der Waals surface area contributed by atoms with Gasteiger partial charge in [0.15, 0.2) is 5.16 Å². The van der Waals surface area contributed by atoms with Crippen LogP contribution in [0.5, 0.6) is 5.75 Å². The number of aryl methyl sites for hydroxylation is 1. The Morgan fingerprint density at radius 3 is 2.66 bits per heavy atom. The van der Waals surface area contributed by atoms with E-state index in [1.807, 2.05) is 57.5 Å². The smallest absolute Gasteiger partial charge is 0.278 e. The molecule has 0 bridgehead atoms. The SMILES string of the molecule is CCCn1c(SCC(=O)NC(C)(C)C)nc2c3cc(OC)ccc3n(C)c2c1=O. The molecule has 0 atom stereocenters. The minimum atomic E-state index is -0.301. The van der Waals surface area contributed by atoms with Crippen molar-refractivity contribution in [2.45, 2.75) is 51.4 Å². The van der Waals surface area contributed by atoms with Gasteiger partial charge in [-0.05, 0) is 45.4 Å². The van der Waals surface area contributed by atoms with Crippen molar-refractivity contribution < 1.29 is 9.53 Å². The third kappa shape index (κ3) is 4.27. The summed E-state index contributed by atoms with van der Waals surface area (Å²) in [4.78, 5) is 30.4. The van der Waals surface area contributed by atoms with Gasteiger partial charge in [0.25, 0.3) is 5.56 Å². The van der Waals surface area contributed by atoms with E-state index in [2.05, 4.69) is 5.32 Å². The number of amides is 1. The zero-order valence-electron chi connectivity index (χ0n) is 17.8. The standard InChI is InChI=1S/C21H28N4O3S/c1-7-10-25-19(27)18-17(14-11-13(28-6)8-9-15(14)24(18)5)22-20(25)29-12-16(26)23-21(2,3)4/h8-9,11H,7,10,12H2,1-6H3,(H,23,26). The summed E-state index contributed by atoms with van der Waals surface area (Å²) in [5.41, 5.74) is 1.72. The number of nitrogens with one attached hydrogen (secondary N) is 1. The van der Waals surface area contributed by atoms with E-state index >= 15 is 0 Å². The van der Waals surface area contributed by atoms with E-state index in [1.165, 1.54) is 11.8 Å². The van der Waals surface area contributed by atoms with Crippen LogP contribution in [0.15, 0.2) is 28.2 Å². The van der Waals surface area contributed by atoms with E-state index in [1.54, 1.807) is 11.7 Å². The molecule has 8 heteroatoms. The Balaban J connectivity index is 2.13. The fourth-order valence-corrected chi connectivity index (χ4v) is 4.19. The maximum atomic E-state index is 13.3. The second-order valence-corrected chi connectivity index (χ2v) is 9.02. The fourth-order valence-electron chi connectivity index (χ4n) is 3.38. The molecule has 7 nitrogen and oxygen atoms in total. The van der Waals surface area contributed by atoms with Crippen molar-refractivity contribution in [2.75, 3.05) is 12.9 Å². The summed E-state index contributed by atoms with van der Waals surface area (Å²) < 4.78 is 8.91. The largest absolute Gasteiger partial charge is 0.497 e. The van der Waals surface area contributed by atoms with Gasteiger partial charge in [-0.25, -0.2) is 4.98 Å². The van der Waals surface area contributed by atoms with Gasteiger partial charge in [-0.2, -0.15) is 0 Å².